The number of hydrogen-bond donors (Lipinski definition) is 2. The normalized spacial score (nSPS) is 19.4. The number of piperazine rings is 1. The molecule has 1 fully saturated rings. The van der Waals surface area contributed by atoms with Crippen molar-refractivity contribution in [1.29, 1.82) is 0 Å². The zero-order valence-electron chi connectivity index (χ0n) is 12.8. The standard InChI is InChI=1S/C16H23N3O2/c1-16(2,3)12-7-5-4-6-11(12)15(21)19-9-8-18-10-13(19)14(17)20/h4-7,13,18H,8-10H2,1-3H3,(H2,17,20). The number of primary amides is 1. The molecule has 0 aliphatic carbocycles. The highest BCUT2D eigenvalue weighted by Gasteiger charge is 2.33. The van der Waals surface area contributed by atoms with Gasteiger partial charge in [0.2, 0.25) is 5.91 Å². The molecule has 2 rings (SSSR count). The molecule has 0 saturated carbocycles. The molecule has 0 spiro atoms. The minimum atomic E-state index is -0.584. The van der Waals surface area contributed by atoms with Gasteiger partial charge in [0.15, 0.2) is 0 Å². The van der Waals surface area contributed by atoms with Crippen LogP contribution in [0.2, 0.25) is 0 Å². The Hall–Kier alpha value is -1.88. The first-order chi connectivity index (χ1) is 9.82. The highest BCUT2D eigenvalue weighted by Crippen LogP contribution is 2.27. The van der Waals surface area contributed by atoms with Gasteiger partial charge in [0.1, 0.15) is 6.04 Å². The fraction of sp³-hybridized carbons (Fsp3) is 0.500. The second kappa shape index (κ2) is 5.85. The van der Waals surface area contributed by atoms with Crippen LogP contribution in [0.4, 0.5) is 0 Å². The first-order valence-electron chi connectivity index (χ1n) is 7.23. The topological polar surface area (TPSA) is 75.4 Å². The fourth-order valence-corrected chi connectivity index (χ4v) is 2.68. The molecular formula is C16H23N3O2. The third kappa shape index (κ3) is 3.24. The van der Waals surface area contributed by atoms with E-state index in [4.69, 9.17) is 5.73 Å². The van der Waals surface area contributed by atoms with Gasteiger partial charge in [0, 0.05) is 25.2 Å². The molecule has 114 valence electrons. The van der Waals surface area contributed by atoms with Crippen molar-refractivity contribution in [1.82, 2.24) is 10.2 Å². The van der Waals surface area contributed by atoms with E-state index in [1.54, 1.807) is 4.90 Å². The van der Waals surface area contributed by atoms with Crippen molar-refractivity contribution in [2.75, 3.05) is 19.6 Å². The number of hydrogen-bond acceptors (Lipinski definition) is 3. The van der Waals surface area contributed by atoms with Crippen LogP contribution in [-0.4, -0.2) is 42.4 Å². The molecule has 0 bridgehead atoms. The highest BCUT2D eigenvalue weighted by molar-refractivity contribution is 5.99. The molecule has 1 aliphatic heterocycles. The Bertz CT molecular complexity index is 549. The SMILES string of the molecule is CC(C)(C)c1ccccc1C(=O)N1CCNCC1C(N)=O. The van der Waals surface area contributed by atoms with Gasteiger partial charge < -0.3 is 16.0 Å². The van der Waals surface area contributed by atoms with Crippen molar-refractivity contribution in [2.24, 2.45) is 5.73 Å². The molecule has 21 heavy (non-hydrogen) atoms. The van der Waals surface area contributed by atoms with Crippen LogP contribution in [0.3, 0.4) is 0 Å². The van der Waals surface area contributed by atoms with Gasteiger partial charge in [-0.05, 0) is 17.0 Å². The van der Waals surface area contributed by atoms with Crippen LogP contribution in [-0.2, 0) is 10.2 Å². The van der Waals surface area contributed by atoms with Crippen molar-refractivity contribution in [2.45, 2.75) is 32.2 Å². The first-order valence-corrected chi connectivity index (χ1v) is 7.23. The molecule has 1 aliphatic rings. The van der Waals surface area contributed by atoms with Gasteiger partial charge in [-0.25, -0.2) is 0 Å². The summed E-state index contributed by atoms with van der Waals surface area (Å²) in [4.78, 5) is 26.0. The molecule has 0 radical (unpaired) electrons. The molecule has 2 amide bonds. The van der Waals surface area contributed by atoms with Crippen LogP contribution in [0, 0.1) is 0 Å². The third-order valence-corrected chi connectivity index (χ3v) is 3.80. The maximum atomic E-state index is 12.9. The Kier molecular flexibility index (Phi) is 4.32. The lowest BCUT2D eigenvalue weighted by atomic mass is 9.83. The van der Waals surface area contributed by atoms with Crippen LogP contribution in [0.1, 0.15) is 36.7 Å². The molecule has 1 saturated heterocycles. The number of nitrogens with two attached hydrogens (primary N) is 1. The van der Waals surface area contributed by atoms with E-state index in [0.717, 1.165) is 5.56 Å². The summed E-state index contributed by atoms with van der Waals surface area (Å²) in [6, 6.07) is 6.99. The minimum Gasteiger partial charge on any atom is -0.368 e. The lowest BCUT2D eigenvalue weighted by Crippen LogP contribution is -2.58. The fourth-order valence-electron chi connectivity index (χ4n) is 2.68. The molecular weight excluding hydrogens is 266 g/mol. The molecule has 0 aromatic heterocycles. The van der Waals surface area contributed by atoms with Crippen LogP contribution in [0.15, 0.2) is 24.3 Å². The summed E-state index contributed by atoms with van der Waals surface area (Å²) in [6.45, 7) is 7.80. The van der Waals surface area contributed by atoms with Crippen molar-refractivity contribution in [3.05, 3.63) is 35.4 Å². The largest absolute Gasteiger partial charge is 0.368 e. The Labute approximate surface area is 125 Å². The summed E-state index contributed by atoms with van der Waals surface area (Å²) in [5, 5.41) is 3.10. The van der Waals surface area contributed by atoms with E-state index in [9.17, 15) is 9.59 Å². The number of rotatable bonds is 2. The van der Waals surface area contributed by atoms with E-state index in [0.29, 0.717) is 25.2 Å². The van der Waals surface area contributed by atoms with Crippen LogP contribution in [0.25, 0.3) is 0 Å². The Morgan fingerprint density at radius 3 is 2.57 bits per heavy atom. The zero-order chi connectivity index (χ0) is 15.6. The molecule has 1 heterocycles. The highest BCUT2D eigenvalue weighted by atomic mass is 16.2. The molecule has 1 atom stereocenters. The maximum Gasteiger partial charge on any atom is 0.254 e. The average Bonchev–Trinajstić information content (AvgIpc) is 2.45. The Balaban J connectivity index is 2.37. The van der Waals surface area contributed by atoms with Crippen molar-refractivity contribution in [3.8, 4) is 0 Å². The predicted octanol–water partition coefficient (Wildman–Crippen LogP) is 0.883. The second-order valence-corrected chi connectivity index (χ2v) is 6.42. The van der Waals surface area contributed by atoms with Gasteiger partial charge in [0.05, 0.1) is 0 Å². The molecule has 5 heteroatoms. The lowest BCUT2D eigenvalue weighted by Gasteiger charge is -2.35. The van der Waals surface area contributed by atoms with E-state index in [2.05, 4.69) is 26.1 Å². The first kappa shape index (κ1) is 15.5. The predicted molar refractivity (Wildman–Crippen MR) is 82.0 cm³/mol. The Morgan fingerprint density at radius 1 is 1.29 bits per heavy atom. The van der Waals surface area contributed by atoms with E-state index >= 15 is 0 Å². The molecule has 1 aromatic carbocycles. The number of nitrogens with zero attached hydrogens (tertiary/aromatic N) is 1. The summed E-state index contributed by atoms with van der Waals surface area (Å²) in [7, 11) is 0. The summed E-state index contributed by atoms with van der Waals surface area (Å²) in [6.07, 6.45) is 0. The smallest absolute Gasteiger partial charge is 0.254 e. The van der Waals surface area contributed by atoms with Gasteiger partial charge >= 0.3 is 0 Å². The van der Waals surface area contributed by atoms with E-state index in [1.165, 1.54) is 0 Å². The third-order valence-electron chi connectivity index (χ3n) is 3.80. The summed E-state index contributed by atoms with van der Waals surface area (Å²) in [5.74, 6) is -0.588. The van der Waals surface area contributed by atoms with Gasteiger partial charge in [-0.3, -0.25) is 9.59 Å². The Morgan fingerprint density at radius 2 is 1.95 bits per heavy atom. The molecule has 3 N–H and O–H groups in total. The summed E-state index contributed by atoms with van der Waals surface area (Å²) in [5.41, 5.74) is 6.92. The average molecular weight is 289 g/mol. The van der Waals surface area contributed by atoms with Gasteiger partial charge in [-0.1, -0.05) is 39.0 Å². The van der Waals surface area contributed by atoms with Gasteiger partial charge in [0.25, 0.3) is 5.91 Å². The number of carbonyl (C=O) groups excluding carboxylic acids is 2. The molecule has 1 unspecified atom stereocenters. The maximum absolute atomic E-state index is 12.9. The van der Waals surface area contributed by atoms with E-state index in [-0.39, 0.29) is 11.3 Å². The van der Waals surface area contributed by atoms with Gasteiger partial charge in [-0.2, -0.15) is 0 Å². The quantitative estimate of drug-likeness (QED) is 0.849. The lowest BCUT2D eigenvalue weighted by molar-refractivity contribution is -0.122. The molecule has 1 aromatic rings. The van der Waals surface area contributed by atoms with Crippen LogP contribution in [0.5, 0.6) is 0 Å². The van der Waals surface area contributed by atoms with Crippen molar-refractivity contribution < 1.29 is 9.59 Å². The molecule has 5 nitrogen and oxygen atoms in total. The number of amides is 2. The summed E-state index contributed by atoms with van der Waals surface area (Å²) >= 11 is 0. The van der Waals surface area contributed by atoms with Crippen molar-refractivity contribution in [3.63, 3.8) is 0 Å². The van der Waals surface area contributed by atoms with E-state index < -0.39 is 11.9 Å². The monoisotopic (exact) mass is 289 g/mol. The van der Waals surface area contributed by atoms with Crippen molar-refractivity contribution >= 4 is 11.8 Å². The van der Waals surface area contributed by atoms with E-state index in [1.807, 2.05) is 24.3 Å². The van der Waals surface area contributed by atoms with Gasteiger partial charge in [-0.15, -0.1) is 0 Å². The van der Waals surface area contributed by atoms with Crippen LogP contribution < -0.4 is 11.1 Å². The zero-order valence-corrected chi connectivity index (χ0v) is 12.8. The minimum absolute atomic E-state index is 0.120. The number of nitrogens with one attached hydrogen (secondary N) is 1. The number of benzene rings is 1. The second-order valence-electron chi connectivity index (χ2n) is 6.42. The van der Waals surface area contributed by atoms with Crippen LogP contribution >= 0.6 is 0 Å². The summed E-state index contributed by atoms with van der Waals surface area (Å²) < 4.78 is 0. The number of carbonyl (C=O) groups is 2.